The minimum absolute atomic E-state index is 0.0249. The molecular formula is C25H23F2N5O. The molecule has 1 amide bonds. The number of nitrogens with one attached hydrogen (secondary N) is 1. The Morgan fingerprint density at radius 3 is 2.55 bits per heavy atom. The Kier molecular flexibility index (Phi) is 6.33. The highest BCUT2D eigenvalue weighted by Crippen LogP contribution is 2.38. The Bertz CT molecular complexity index is 1210. The zero-order valence-electron chi connectivity index (χ0n) is 18.1. The molecule has 0 spiro atoms. The average molecular weight is 447 g/mol. The van der Waals surface area contributed by atoms with E-state index in [4.69, 9.17) is 5.73 Å². The molecule has 0 bridgehead atoms. The van der Waals surface area contributed by atoms with Crippen molar-refractivity contribution in [3.63, 3.8) is 0 Å². The molecule has 1 aliphatic rings. The monoisotopic (exact) mass is 447 g/mol. The summed E-state index contributed by atoms with van der Waals surface area (Å²) in [7, 11) is 0. The van der Waals surface area contributed by atoms with Crippen LogP contribution in [-0.2, 0) is 0 Å². The zero-order valence-corrected chi connectivity index (χ0v) is 18.1. The number of benzene rings is 2. The van der Waals surface area contributed by atoms with Gasteiger partial charge >= 0.3 is 0 Å². The van der Waals surface area contributed by atoms with Crippen LogP contribution in [0.2, 0.25) is 0 Å². The van der Waals surface area contributed by atoms with Crippen LogP contribution in [0.5, 0.6) is 0 Å². The van der Waals surface area contributed by atoms with Gasteiger partial charge in [-0.15, -0.1) is 0 Å². The highest BCUT2D eigenvalue weighted by molar-refractivity contribution is 6.04. The molecule has 3 N–H and O–H groups in total. The molecule has 3 aromatic rings. The van der Waals surface area contributed by atoms with E-state index in [-0.39, 0.29) is 34.5 Å². The summed E-state index contributed by atoms with van der Waals surface area (Å²) in [5.41, 5.74) is 7.97. The van der Waals surface area contributed by atoms with Crippen molar-refractivity contribution < 1.29 is 13.6 Å². The van der Waals surface area contributed by atoms with E-state index >= 15 is 0 Å². The number of nitrogens with zero attached hydrogens (tertiary/aromatic N) is 3. The summed E-state index contributed by atoms with van der Waals surface area (Å²) in [5.74, 6) is -1.98. The first kappa shape index (κ1) is 22.4. The molecule has 4 rings (SSSR count). The van der Waals surface area contributed by atoms with Crippen LogP contribution in [0.1, 0.15) is 41.0 Å². The number of amides is 1. The van der Waals surface area contributed by atoms with Crippen molar-refractivity contribution in [2.45, 2.75) is 25.4 Å². The van der Waals surface area contributed by atoms with E-state index in [1.54, 1.807) is 0 Å². The summed E-state index contributed by atoms with van der Waals surface area (Å²) < 4.78 is 28.2. The Balaban J connectivity index is 1.85. The molecule has 0 aliphatic carbocycles. The van der Waals surface area contributed by atoms with Gasteiger partial charge in [0.2, 0.25) is 0 Å². The standard InChI is InChI=1S/C25H23F2N5O/c1-15(16-5-3-2-4-6-16)31-25(33)21-13-30-22(12-28)23(17-9-18(26)11-19(27)10-17)24(21)32-8-7-20(29)14-32/h2-6,9-11,13,15,20H,7-8,14,29H2,1H3,(H,31,33)/t15?,20-/m0/s1. The minimum atomic E-state index is -0.787. The summed E-state index contributed by atoms with van der Waals surface area (Å²) in [6.07, 6.45) is 2.02. The zero-order chi connectivity index (χ0) is 23.5. The number of carbonyl (C=O) groups is 1. The molecule has 33 heavy (non-hydrogen) atoms. The first-order valence-corrected chi connectivity index (χ1v) is 10.6. The normalized spacial score (nSPS) is 16.3. The van der Waals surface area contributed by atoms with Gasteiger partial charge in [0.15, 0.2) is 0 Å². The molecule has 0 saturated carbocycles. The van der Waals surface area contributed by atoms with Gasteiger partial charge in [0.1, 0.15) is 23.4 Å². The van der Waals surface area contributed by atoms with Gasteiger partial charge < -0.3 is 16.0 Å². The SMILES string of the molecule is CC(NC(=O)c1cnc(C#N)c(-c2cc(F)cc(F)c2)c1N1CC[C@H](N)C1)c1ccccc1. The highest BCUT2D eigenvalue weighted by atomic mass is 19.1. The van der Waals surface area contributed by atoms with Crippen LogP contribution in [0.15, 0.2) is 54.7 Å². The molecule has 1 unspecified atom stereocenters. The predicted molar refractivity (Wildman–Crippen MR) is 121 cm³/mol. The van der Waals surface area contributed by atoms with E-state index < -0.39 is 17.5 Å². The lowest BCUT2D eigenvalue weighted by Crippen LogP contribution is -2.32. The van der Waals surface area contributed by atoms with Crippen molar-refractivity contribution in [3.8, 4) is 17.2 Å². The van der Waals surface area contributed by atoms with Crippen molar-refractivity contribution in [3.05, 3.63) is 83.2 Å². The number of aromatic nitrogens is 1. The number of nitrogens with two attached hydrogens (primary N) is 1. The molecule has 1 saturated heterocycles. The number of anilines is 1. The average Bonchev–Trinajstić information content (AvgIpc) is 3.23. The lowest BCUT2D eigenvalue weighted by Gasteiger charge is -2.26. The van der Waals surface area contributed by atoms with Crippen LogP contribution < -0.4 is 16.0 Å². The van der Waals surface area contributed by atoms with Crippen molar-refractivity contribution in [2.24, 2.45) is 5.73 Å². The van der Waals surface area contributed by atoms with Crippen LogP contribution in [0.25, 0.3) is 11.1 Å². The predicted octanol–water partition coefficient (Wildman–Crippen LogP) is 3.93. The van der Waals surface area contributed by atoms with Crippen LogP contribution in [0, 0.1) is 23.0 Å². The van der Waals surface area contributed by atoms with E-state index in [1.807, 2.05) is 48.2 Å². The Morgan fingerprint density at radius 2 is 1.94 bits per heavy atom. The lowest BCUT2D eigenvalue weighted by atomic mass is 9.97. The molecule has 1 fully saturated rings. The smallest absolute Gasteiger partial charge is 0.255 e. The van der Waals surface area contributed by atoms with Gasteiger partial charge in [-0.1, -0.05) is 30.3 Å². The van der Waals surface area contributed by atoms with E-state index in [2.05, 4.69) is 10.3 Å². The molecule has 2 aromatic carbocycles. The fourth-order valence-electron chi connectivity index (χ4n) is 4.14. The van der Waals surface area contributed by atoms with Crippen molar-refractivity contribution in [1.82, 2.24) is 10.3 Å². The van der Waals surface area contributed by atoms with Gasteiger partial charge in [-0.25, -0.2) is 13.8 Å². The molecule has 168 valence electrons. The van der Waals surface area contributed by atoms with E-state index in [0.717, 1.165) is 23.8 Å². The molecular weight excluding hydrogens is 424 g/mol. The van der Waals surface area contributed by atoms with Crippen LogP contribution >= 0.6 is 0 Å². The lowest BCUT2D eigenvalue weighted by molar-refractivity contribution is 0.0940. The molecule has 8 heteroatoms. The summed E-state index contributed by atoms with van der Waals surface area (Å²) in [6, 6.07) is 14.1. The Morgan fingerprint density at radius 1 is 1.24 bits per heavy atom. The largest absolute Gasteiger partial charge is 0.369 e. The van der Waals surface area contributed by atoms with Crippen LogP contribution in [0.4, 0.5) is 14.5 Å². The number of hydrogen-bond acceptors (Lipinski definition) is 5. The molecule has 1 aromatic heterocycles. The van der Waals surface area contributed by atoms with Gasteiger partial charge in [-0.2, -0.15) is 5.26 Å². The molecule has 6 nitrogen and oxygen atoms in total. The first-order valence-electron chi connectivity index (χ1n) is 10.6. The number of pyridine rings is 1. The molecule has 0 radical (unpaired) electrons. The van der Waals surface area contributed by atoms with Crippen LogP contribution in [-0.4, -0.2) is 30.0 Å². The molecule has 1 aliphatic heterocycles. The first-order chi connectivity index (χ1) is 15.9. The summed E-state index contributed by atoms with van der Waals surface area (Å²) in [5, 5.41) is 12.7. The van der Waals surface area contributed by atoms with Gasteiger partial charge in [0.25, 0.3) is 5.91 Å². The summed E-state index contributed by atoms with van der Waals surface area (Å²) >= 11 is 0. The van der Waals surface area contributed by atoms with Crippen molar-refractivity contribution in [2.75, 3.05) is 18.0 Å². The number of rotatable bonds is 5. The second kappa shape index (κ2) is 9.35. The molecule has 2 atom stereocenters. The number of nitriles is 1. The maximum absolute atomic E-state index is 14.1. The third kappa shape index (κ3) is 4.69. The fraction of sp³-hybridized carbons (Fsp3) is 0.240. The number of halogens is 2. The van der Waals surface area contributed by atoms with Gasteiger partial charge in [-0.3, -0.25) is 4.79 Å². The van der Waals surface area contributed by atoms with Crippen molar-refractivity contribution in [1.29, 1.82) is 5.26 Å². The quantitative estimate of drug-likeness (QED) is 0.618. The van der Waals surface area contributed by atoms with Crippen LogP contribution in [0.3, 0.4) is 0 Å². The number of hydrogen-bond donors (Lipinski definition) is 2. The maximum Gasteiger partial charge on any atom is 0.255 e. The minimum Gasteiger partial charge on any atom is -0.369 e. The van der Waals surface area contributed by atoms with Gasteiger partial charge in [0, 0.05) is 37.0 Å². The third-order valence-electron chi connectivity index (χ3n) is 5.74. The van der Waals surface area contributed by atoms with E-state index in [1.165, 1.54) is 6.20 Å². The maximum atomic E-state index is 14.1. The van der Waals surface area contributed by atoms with Crippen molar-refractivity contribution >= 4 is 11.6 Å². The summed E-state index contributed by atoms with van der Waals surface area (Å²) in [4.78, 5) is 19.4. The fourth-order valence-corrected chi connectivity index (χ4v) is 4.14. The second-order valence-corrected chi connectivity index (χ2v) is 8.11. The topological polar surface area (TPSA) is 95.0 Å². The number of carbonyl (C=O) groups excluding carboxylic acids is 1. The summed E-state index contributed by atoms with van der Waals surface area (Å²) in [6.45, 7) is 2.84. The van der Waals surface area contributed by atoms with Gasteiger partial charge in [0.05, 0.1) is 17.3 Å². The Hall–Kier alpha value is -3.83. The van der Waals surface area contributed by atoms with E-state index in [9.17, 15) is 18.8 Å². The molecule has 2 heterocycles. The highest BCUT2D eigenvalue weighted by Gasteiger charge is 2.30. The third-order valence-corrected chi connectivity index (χ3v) is 5.74. The second-order valence-electron chi connectivity index (χ2n) is 8.11. The van der Waals surface area contributed by atoms with Gasteiger partial charge in [-0.05, 0) is 36.6 Å². The van der Waals surface area contributed by atoms with E-state index in [0.29, 0.717) is 25.2 Å². The Labute approximate surface area is 190 Å².